The van der Waals surface area contributed by atoms with E-state index < -0.39 is 6.04 Å². The Balaban J connectivity index is 1.25. The molecule has 0 heterocycles. The van der Waals surface area contributed by atoms with Gasteiger partial charge in [0.2, 0.25) is 5.91 Å². The zero-order valence-corrected chi connectivity index (χ0v) is 20.5. The Hall–Kier alpha value is -3.15. The van der Waals surface area contributed by atoms with Crippen molar-refractivity contribution in [3.05, 3.63) is 107 Å². The molecule has 0 bridgehead atoms. The number of benzene rings is 3. The van der Waals surface area contributed by atoms with Gasteiger partial charge in [0.05, 0.1) is 0 Å². The van der Waals surface area contributed by atoms with Crippen LogP contribution in [0, 0.1) is 0 Å². The van der Waals surface area contributed by atoms with Gasteiger partial charge in [-0.05, 0) is 67.6 Å². The second kappa shape index (κ2) is 12.5. The summed E-state index contributed by atoms with van der Waals surface area (Å²) in [5, 5.41) is 10.1. The molecule has 1 unspecified atom stereocenters. The Morgan fingerprint density at radius 1 is 0.886 bits per heavy atom. The van der Waals surface area contributed by atoms with Crippen LogP contribution in [0.3, 0.4) is 0 Å². The molecule has 1 aliphatic rings. The SMILES string of the molecule is O=C(NC(CCCCN[C@@H]1C[C@H]1c1ccccc1)C(=O)NCc1ccccc1)c1ccc(Cl)cc1. The van der Waals surface area contributed by atoms with Gasteiger partial charge < -0.3 is 16.0 Å². The number of carbonyl (C=O) groups is 2. The van der Waals surface area contributed by atoms with Crippen molar-refractivity contribution >= 4 is 23.4 Å². The van der Waals surface area contributed by atoms with Gasteiger partial charge in [0, 0.05) is 29.1 Å². The van der Waals surface area contributed by atoms with Gasteiger partial charge in [0.1, 0.15) is 6.04 Å². The van der Waals surface area contributed by atoms with Gasteiger partial charge in [-0.1, -0.05) is 72.3 Å². The molecule has 5 nitrogen and oxygen atoms in total. The van der Waals surface area contributed by atoms with Crippen LogP contribution in [0.15, 0.2) is 84.9 Å². The third-order valence-corrected chi connectivity index (χ3v) is 6.63. The summed E-state index contributed by atoms with van der Waals surface area (Å²) in [7, 11) is 0. The lowest BCUT2D eigenvalue weighted by Crippen LogP contribution is -2.46. The molecule has 0 aromatic heterocycles. The molecule has 0 radical (unpaired) electrons. The topological polar surface area (TPSA) is 70.2 Å². The first-order valence-electron chi connectivity index (χ1n) is 12.3. The predicted octanol–water partition coefficient (Wildman–Crippen LogP) is 5.07. The van der Waals surface area contributed by atoms with Crippen LogP contribution in [0.25, 0.3) is 0 Å². The minimum Gasteiger partial charge on any atom is -0.350 e. The summed E-state index contributed by atoms with van der Waals surface area (Å²) < 4.78 is 0. The normalized spacial score (nSPS) is 17.4. The standard InChI is InChI=1S/C29H32ClN3O2/c30-24-16-14-23(15-17-24)28(34)33-26(29(35)32-20-21-9-3-1-4-10-21)13-7-8-18-31-27-19-25(27)22-11-5-2-6-12-22/h1-6,9-12,14-17,25-27,31H,7-8,13,18-20H2,(H,32,35)(H,33,34)/t25-,26?,27+/m0/s1. The van der Waals surface area contributed by atoms with E-state index in [4.69, 9.17) is 11.6 Å². The number of carbonyl (C=O) groups excluding carboxylic acids is 2. The van der Waals surface area contributed by atoms with Gasteiger partial charge in [0.15, 0.2) is 0 Å². The molecular formula is C29H32ClN3O2. The number of hydrogen-bond acceptors (Lipinski definition) is 3. The summed E-state index contributed by atoms with van der Waals surface area (Å²) in [6.07, 6.45) is 3.53. The molecule has 1 fully saturated rings. The molecule has 0 aliphatic heterocycles. The second-order valence-electron chi connectivity index (χ2n) is 9.05. The first kappa shape index (κ1) is 25.0. The molecule has 3 N–H and O–H groups in total. The Morgan fingerprint density at radius 3 is 2.29 bits per heavy atom. The smallest absolute Gasteiger partial charge is 0.251 e. The van der Waals surface area contributed by atoms with Crippen molar-refractivity contribution in [3.63, 3.8) is 0 Å². The van der Waals surface area contributed by atoms with Gasteiger partial charge in [-0.2, -0.15) is 0 Å². The largest absolute Gasteiger partial charge is 0.350 e. The lowest BCUT2D eigenvalue weighted by atomic mass is 10.1. The van der Waals surface area contributed by atoms with E-state index >= 15 is 0 Å². The molecule has 4 rings (SSSR count). The number of hydrogen-bond donors (Lipinski definition) is 3. The van der Waals surface area contributed by atoms with Crippen molar-refractivity contribution in [2.24, 2.45) is 0 Å². The third-order valence-electron chi connectivity index (χ3n) is 6.38. The zero-order chi connectivity index (χ0) is 24.5. The molecule has 0 saturated heterocycles. The fourth-order valence-electron chi connectivity index (χ4n) is 4.27. The lowest BCUT2D eigenvalue weighted by Gasteiger charge is -2.19. The maximum atomic E-state index is 13.0. The van der Waals surface area contributed by atoms with Gasteiger partial charge in [-0.25, -0.2) is 0 Å². The van der Waals surface area contributed by atoms with Crippen molar-refractivity contribution in [2.75, 3.05) is 6.54 Å². The van der Waals surface area contributed by atoms with E-state index in [1.165, 1.54) is 12.0 Å². The molecule has 182 valence electrons. The summed E-state index contributed by atoms with van der Waals surface area (Å²) in [4.78, 5) is 25.7. The van der Waals surface area contributed by atoms with Gasteiger partial charge in [0.25, 0.3) is 5.91 Å². The molecule has 2 amide bonds. The third kappa shape index (κ3) is 7.67. The number of halogens is 1. The van der Waals surface area contributed by atoms with E-state index in [9.17, 15) is 9.59 Å². The van der Waals surface area contributed by atoms with Crippen molar-refractivity contribution in [1.82, 2.24) is 16.0 Å². The summed E-state index contributed by atoms with van der Waals surface area (Å²) in [5.74, 6) is 0.158. The van der Waals surface area contributed by atoms with Crippen molar-refractivity contribution in [2.45, 2.75) is 50.2 Å². The first-order valence-corrected chi connectivity index (χ1v) is 12.6. The first-order chi connectivity index (χ1) is 17.1. The summed E-state index contributed by atoms with van der Waals surface area (Å²) in [6.45, 7) is 1.33. The molecule has 3 aromatic carbocycles. The maximum absolute atomic E-state index is 13.0. The number of unbranched alkanes of at least 4 members (excludes halogenated alkanes) is 1. The van der Waals surface area contributed by atoms with Gasteiger partial charge in [-0.3, -0.25) is 9.59 Å². The second-order valence-corrected chi connectivity index (χ2v) is 9.48. The average molecular weight is 490 g/mol. The molecular weight excluding hydrogens is 458 g/mol. The highest BCUT2D eigenvalue weighted by atomic mass is 35.5. The van der Waals surface area contributed by atoms with E-state index in [1.54, 1.807) is 24.3 Å². The highest BCUT2D eigenvalue weighted by Gasteiger charge is 2.37. The average Bonchev–Trinajstić information content (AvgIpc) is 3.67. The Morgan fingerprint density at radius 2 is 1.57 bits per heavy atom. The monoisotopic (exact) mass is 489 g/mol. The number of nitrogens with one attached hydrogen (secondary N) is 3. The molecule has 3 atom stereocenters. The lowest BCUT2D eigenvalue weighted by molar-refractivity contribution is -0.123. The van der Waals surface area contributed by atoms with Crippen LogP contribution in [0.5, 0.6) is 0 Å². The molecule has 0 spiro atoms. The van der Waals surface area contributed by atoms with Crippen LogP contribution < -0.4 is 16.0 Å². The van der Waals surface area contributed by atoms with Crippen LogP contribution in [-0.2, 0) is 11.3 Å². The number of amides is 2. The maximum Gasteiger partial charge on any atom is 0.251 e. The summed E-state index contributed by atoms with van der Waals surface area (Å²) in [5.41, 5.74) is 2.90. The minimum absolute atomic E-state index is 0.171. The molecule has 3 aromatic rings. The molecule has 1 saturated carbocycles. The highest BCUT2D eigenvalue weighted by molar-refractivity contribution is 6.30. The fourth-order valence-corrected chi connectivity index (χ4v) is 4.40. The Labute approximate surface area is 212 Å². The quantitative estimate of drug-likeness (QED) is 0.311. The molecule has 35 heavy (non-hydrogen) atoms. The highest BCUT2D eigenvalue weighted by Crippen LogP contribution is 2.40. The predicted molar refractivity (Wildman–Crippen MR) is 140 cm³/mol. The molecule has 1 aliphatic carbocycles. The summed E-state index contributed by atoms with van der Waals surface area (Å²) >= 11 is 5.94. The van der Waals surface area contributed by atoms with Gasteiger partial charge in [-0.15, -0.1) is 0 Å². The minimum atomic E-state index is -0.597. The number of rotatable bonds is 12. The molecule has 6 heteroatoms. The zero-order valence-electron chi connectivity index (χ0n) is 19.8. The Bertz CT molecular complexity index is 1090. The van der Waals surface area contributed by atoms with Crippen LogP contribution in [0.4, 0.5) is 0 Å². The van der Waals surface area contributed by atoms with E-state index in [1.807, 2.05) is 36.4 Å². The van der Waals surface area contributed by atoms with Gasteiger partial charge >= 0.3 is 0 Å². The van der Waals surface area contributed by atoms with Crippen LogP contribution in [-0.4, -0.2) is 30.4 Å². The van der Waals surface area contributed by atoms with Crippen molar-refractivity contribution in [1.29, 1.82) is 0 Å². The Kier molecular flexibility index (Phi) is 8.93. The fraction of sp³-hybridized carbons (Fsp3) is 0.310. The van der Waals surface area contributed by atoms with Crippen LogP contribution in [0.1, 0.15) is 53.1 Å². The van der Waals surface area contributed by atoms with Crippen molar-refractivity contribution in [3.8, 4) is 0 Å². The van der Waals surface area contributed by atoms with E-state index in [-0.39, 0.29) is 11.8 Å². The van der Waals surface area contributed by atoms with Crippen molar-refractivity contribution < 1.29 is 9.59 Å². The summed E-state index contributed by atoms with van der Waals surface area (Å²) in [6, 6.07) is 27.0. The van der Waals surface area contributed by atoms with E-state index in [0.29, 0.717) is 35.5 Å². The van der Waals surface area contributed by atoms with E-state index in [0.717, 1.165) is 24.9 Å². The van der Waals surface area contributed by atoms with Crippen LogP contribution >= 0.6 is 11.6 Å². The van der Waals surface area contributed by atoms with Crippen LogP contribution in [0.2, 0.25) is 5.02 Å². The van der Waals surface area contributed by atoms with E-state index in [2.05, 4.69) is 40.2 Å².